The molecule has 0 saturated heterocycles. The van der Waals surface area contributed by atoms with Crippen LogP contribution >= 0.6 is 23.1 Å². The highest BCUT2D eigenvalue weighted by atomic mass is 32.2. The lowest BCUT2D eigenvalue weighted by atomic mass is 9.98. The molecular formula is C19H27N3O2S2. The molecule has 1 amide bonds. The van der Waals surface area contributed by atoms with Crippen LogP contribution in [0.15, 0.2) is 22.5 Å². The second-order valence-corrected chi connectivity index (χ2v) is 8.71. The number of amides is 1. The van der Waals surface area contributed by atoms with E-state index in [-0.39, 0.29) is 5.91 Å². The number of aromatic nitrogens is 2. The van der Waals surface area contributed by atoms with Crippen molar-refractivity contribution in [3.63, 3.8) is 0 Å². The molecule has 2 rings (SSSR count). The van der Waals surface area contributed by atoms with Gasteiger partial charge in [-0.15, -0.1) is 10.2 Å². The molecule has 1 aromatic carbocycles. The summed E-state index contributed by atoms with van der Waals surface area (Å²) < 4.78 is 6.66. The van der Waals surface area contributed by atoms with Crippen LogP contribution in [0.2, 0.25) is 0 Å². The lowest BCUT2D eigenvalue weighted by Gasteiger charge is -2.12. The number of benzene rings is 1. The zero-order chi connectivity index (χ0) is 18.9. The molecule has 0 aliphatic carbocycles. The van der Waals surface area contributed by atoms with E-state index in [2.05, 4.69) is 55.3 Å². The third kappa shape index (κ3) is 6.61. The van der Waals surface area contributed by atoms with E-state index >= 15 is 0 Å². The second-order valence-electron chi connectivity index (χ2n) is 6.39. The average molecular weight is 394 g/mol. The third-order valence-corrected chi connectivity index (χ3v) is 5.94. The van der Waals surface area contributed by atoms with E-state index in [1.807, 2.05) is 6.07 Å². The molecule has 1 N–H and O–H groups in total. The normalized spacial score (nSPS) is 11.0. The van der Waals surface area contributed by atoms with Crippen LogP contribution in [0.3, 0.4) is 0 Å². The Labute approximate surface area is 163 Å². The standard InChI is InChI=1S/C19H27N3O2S2/c1-5-11-25-19-22-21-18(26-19)20-17(23)7-6-10-24-15-8-9-16(13(2)3)14(4)12-15/h8-9,12-13H,5-7,10-11H2,1-4H3,(H,20,21,23). The van der Waals surface area contributed by atoms with Crippen molar-refractivity contribution in [3.05, 3.63) is 29.3 Å². The molecule has 0 saturated carbocycles. The highest BCUT2D eigenvalue weighted by Gasteiger charge is 2.09. The number of aryl methyl sites for hydroxylation is 1. The Morgan fingerprint density at radius 1 is 1.35 bits per heavy atom. The van der Waals surface area contributed by atoms with Gasteiger partial charge in [-0.25, -0.2) is 0 Å². The van der Waals surface area contributed by atoms with Crippen molar-refractivity contribution >= 4 is 34.1 Å². The van der Waals surface area contributed by atoms with Gasteiger partial charge in [0.05, 0.1) is 6.61 Å². The molecule has 1 heterocycles. The van der Waals surface area contributed by atoms with Gasteiger partial charge in [0.1, 0.15) is 5.75 Å². The Balaban J connectivity index is 1.70. The Kier molecular flexibility index (Phi) is 8.38. The van der Waals surface area contributed by atoms with E-state index in [0.717, 1.165) is 22.3 Å². The monoisotopic (exact) mass is 393 g/mol. The van der Waals surface area contributed by atoms with Crippen LogP contribution in [0.5, 0.6) is 5.75 Å². The van der Waals surface area contributed by atoms with E-state index in [1.165, 1.54) is 22.5 Å². The largest absolute Gasteiger partial charge is 0.494 e. The smallest absolute Gasteiger partial charge is 0.226 e. The molecule has 26 heavy (non-hydrogen) atoms. The molecule has 0 bridgehead atoms. The van der Waals surface area contributed by atoms with E-state index in [1.54, 1.807) is 11.8 Å². The van der Waals surface area contributed by atoms with Crippen molar-refractivity contribution in [2.24, 2.45) is 0 Å². The van der Waals surface area contributed by atoms with Gasteiger partial charge >= 0.3 is 0 Å². The fourth-order valence-electron chi connectivity index (χ4n) is 2.50. The topological polar surface area (TPSA) is 64.1 Å². The average Bonchev–Trinajstić information content (AvgIpc) is 3.04. The zero-order valence-corrected chi connectivity index (χ0v) is 17.5. The number of hydrogen-bond acceptors (Lipinski definition) is 6. The van der Waals surface area contributed by atoms with E-state index in [9.17, 15) is 4.79 Å². The maximum absolute atomic E-state index is 12.0. The van der Waals surface area contributed by atoms with Gasteiger partial charge in [0, 0.05) is 12.2 Å². The molecule has 0 aliphatic rings. The van der Waals surface area contributed by atoms with Crippen LogP contribution in [-0.4, -0.2) is 28.5 Å². The highest BCUT2D eigenvalue weighted by molar-refractivity contribution is 8.01. The summed E-state index contributed by atoms with van der Waals surface area (Å²) in [6.07, 6.45) is 2.15. The second kappa shape index (κ2) is 10.5. The van der Waals surface area contributed by atoms with E-state index < -0.39 is 0 Å². The number of anilines is 1. The van der Waals surface area contributed by atoms with Crippen molar-refractivity contribution in [1.29, 1.82) is 0 Å². The Hall–Kier alpha value is -1.60. The molecule has 2 aromatic rings. The minimum Gasteiger partial charge on any atom is -0.494 e. The summed E-state index contributed by atoms with van der Waals surface area (Å²) in [5, 5.41) is 11.4. The van der Waals surface area contributed by atoms with Crippen molar-refractivity contribution in [2.75, 3.05) is 17.7 Å². The summed E-state index contributed by atoms with van der Waals surface area (Å²) in [6.45, 7) is 9.11. The number of hydrogen-bond donors (Lipinski definition) is 1. The van der Waals surface area contributed by atoms with Gasteiger partial charge in [-0.3, -0.25) is 4.79 Å². The summed E-state index contributed by atoms with van der Waals surface area (Å²) in [6, 6.07) is 6.18. The number of nitrogens with one attached hydrogen (secondary N) is 1. The fraction of sp³-hybridized carbons (Fsp3) is 0.526. The van der Waals surface area contributed by atoms with Crippen LogP contribution in [-0.2, 0) is 4.79 Å². The molecule has 0 radical (unpaired) electrons. The lowest BCUT2D eigenvalue weighted by molar-refractivity contribution is -0.116. The third-order valence-electron chi connectivity index (χ3n) is 3.76. The predicted octanol–water partition coefficient (Wildman–Crippen LogP) is 5.27. The fourth-order valence-corrected chi connectivity index (χ4v) is 4.19. The van der Waals surface area contributed by atoms with Crippen LogP contribution in [0.4, 0.5) is 5.13 Å². The first kappa shape index (κ1) is 20.7. The number of carbonyl (C=O) groups is 1. The Bertz CT molecular complexity index is 717. The molecule has 1 aromatic heterocycles. The predicted molar refractivity (Wildman–Crippen MR) is 110 cm³/mol. The maximum atomic E-state index is 12.0. The van der Waals surface area contributed by atoms with Crippen LogP contribution in [0.1, 0.15) is 57.1 Å². The van der Waals surface area contributed by atoms with Crippen molar-refractivity contribution in [3.8, 4) is 5.75 Å². The van der Waals surface area contributed by atoms with Gasteiger partial charge in [-0.2, -0.15) is 0 Å². The quantitative estimate of drug-likeness (QED) is 0.338. The summed E-state index contributed by atoms with van der Waals surface area (Å²) in [5.41, 5.74) is 2.58. The zero-order valence-electron chi connectivity index (χ0n) is 15.9. The molecule has 0 atom stereocenters. The van der Waals surface area contributed by atoms with Crippen LogP contribution in [0.25, 0.3) is 0 Å². The number of rotatable bonds is 10. The molecular weight excluding hydrogens is 366 g/mol. The number of thioether (sulfide) groups is 1. The first-order chi connectivity index (χ1) is 12.5. The molecule has 0 fully saturated rings. The molecule has 0 aliphatic heterocycles. The lowest BCUT2D eigenvalue weighted by Crippen LogP contribution is -2.12. The van der Waals surface area contributed by atoms with E-state index in [0.29, 0.717) is 30.5 Å². The summed E-state index contributed by atoms with van der Waals surface area (Å²) in [5.74, 6) is 2.32. The van der Waals surface area contributed by atoms with Crippen molar-refractivity contribution in [1.82, 2.24) is 10.2 Å². The minimum absolute atomic E-state index is 0.0527. The molecule has 0 spiro atoms. The van der Waals surface area contributed by atoms with Gasteiger partial charge < -0.3 is 10.1 Å². The minimum atomic E-state index is -0.0527. The van der Waals surface area contributed by atoms with Crippen LogP contribution < -0.4 is 10.1 Å². The number of carbonyl (C=O) groups excluding carboxylic acids is 1. The van der Waals surface area contributed by atoms with Crippen molar-refractivity contribution in [2.45, 2.75) is 57.2 Å². The maximum Gasteiger partial charge on any atom is 0.226 e. The first-order valence-electron chi connectivity index (χ1n) is 8.99. The Morgan fingerprint density at radius 2 is 2.15 bits per heavy atom. The van der Waals surface area contributed by atoms with Gasteiger partial charge in [0.2, 0.25) is 11.0 Å². The van der Waals surface area contributed by atoms with Crippen LogP contribution in [0, 0.1) is 6.92 Å². The summed E-state index contributed by atoms with van der Waals surface area (Å²) in [7, 11) is 0. The van der Waals surface area contributed by atoms with E-state index in [4.69, 9.17) is 4.74 Å². The first-order valence-corrected chi connectivity index (χ1v) is 10.8. The summed E-state index contributed by atoms with van der Waals surface area (Å²) in [4.78, 5) is 12.0. The van der Waals surface area contributed by atoms with Gasteiger partial charge in [-0.05, 0) is 48.9 Å². The number of nitrogens with zero attached hydrogens (tertiary/aromatic N) is 2. The molecule has 7 heteroatoms. The molecule has 142 valence electrons. The number of ether oxygens (including phenoxy) is 1. The van der Waals surface area contributed by atoms with Gasteiger partial charge in [0.25, 0.3) is 0 Å². The highest BCUT2D eigenvalue weighted by Crippen LogP contribution is 2.26. The molecule has 5 nitrogen and oxygen atoms in total. The summed E-state index contributed by atoms with van der Waals surface area (Å²) >= 11 is 3.08. The van der Waals surface area contributed by atoms with Gasteiger partial charge in [0.15, 0.2) is 4.34 Å². The SMILES string of the molecule is CCCSc1nnc(NC(=O)CCCOc2ccc(C(C)C)c(C)c2)s1. The molecule has 0 unspecified atom stereocenters. The van der Waals surface area contributed by atoms with Gasteiger partial charge in [-0.1, -0.05) is 49.9 Å². The van der Waals surface area contributed by atoms with Crippen molar-refractivity contribution < 1.29 is 9.53 Å². The Morgan fingerprint density at radius 3 is 2.85 bits per heavy atom.